The van der Waals surface area contributed by atoms with E-state index in [0.717, 1.165) is 13.0 Å². The lowest BCUT2D eigenvalue weighted by molar-refractivity contribution is 0.175. The van der Waals surface area contributed by atoms with Gasteiger partial charge in [0.2, 0.25) is 0 Å². The SMILES string of the molecule is CN(CCCN(Cc1cccn1C1CCCC1)C(=O)Nc1ccc(Cl)c(Cl)c1)C1CCCCC1. The van der Waals surface area contributed by atoms with Crippen LogP contribution >= 0.6 is 23.2 Å². The molecule has 0 saturated heterocycles. The van der Waals surface area contributed by atoms with Crippen molar-refractivity contribution in [1.29, 1.82) is 0 Å². The minimum Gasteiger partial charge on any atom is -0.347 e. The molecule has 0 bridgehead atoms. The van der Waals surface area contributed by atoms with Gasteiger partial charge in [-0.3, -0.25) is 0 Å². The fourth-order valence-corrected chi connectivity index (χ4v) is 5.84. The van der Waals surface area contributed by atoms with Gasteiger partial charge in [-0.15, -0.1) is 0 Å². The number of nitrogens with zero attached hydrogens (tertiary/aromatic N) is 3. The molecule has 1 N–H and O–H groups in total. The lowest BCUT2D eigenvalue weighted by atomic mass is 9.94. The molecule has 2 amide bonds. The van der Waals surface area contributed by atoms with Crippen molar-refractivity contribution in [3.63, 3.8) is 0 Å². The van der Waals surface area contributed by atoms with E-state index < -0.39 is 0 Å². The minimum atomic E-state index is -0.0992. The summed E-state index contributed by atoms with van der Waals surface area (Å²) in [4.78, 5) is 17.8. The molecule has 7 heteroatoms. The number of carbonyl (C=O) groups is 1. The number of halogens is 2. The van der Waals surface area contributed by atoms with Crippen LogP contribution in [0.1, 0.15) is 75.9 Å². The highest BCUT2D eigenvalue weighted by Gasteiger charge is 2.22. The second kappa shape index (κ2) is 12.3. The topological polar surface area (TPSA) is 40.5 Å². The summed E-state index contributed by atoms with van der Waals surface area (Å²) in [6.07, 6.45) is 14.8. The van der Waals surface area contributed by atoms with Crippen LogP contribution in [0, 0.1) is 0 Å². The van der Waals surface area contributed by atoms with E-state index >= 15 is 0 Å². The first kappa shape index (κ1) is 25.4. The molecular weight excluding hydrogens is 467 g/mol. The van der Waals surface area contributed by atoms with E-state index in [4.69, 9.17) is 23.2 Å². The zero-order valence-corrected chi connectivity index (χ0v) is 21.8. The summed E-state index contributed by atoms with van der Waals surface area (Å²) in [7, 11) is 2.24. The van der Waals surface area contributed by atoms with E-state index in [2.05, 4.69) is 40.2 Å². The number of anilines is 1. The quantitative estimate of drug-likeness (QED) is 0.381. The Hall–Kier alpha value is -1.69. The Labute approximate surface area is 214 Å². The summed E-state index contributed by atoms with van der Waals surface area (Å²) in [6.45, 7) is 2.31. The number of aromatic nitrogens is 1. The standard InChI is InChI=1S/C27H38Cl2N4O/c1-31(22-9-3-2-4-10-22)16-8-17-32(27(34)30-21-14-15-25(28)26(29)19-21)20-24-13-7-18-33(24)23-11-5-6-12-23/h7,13-15,18-19,22-23H,2-6,8-12,16-17,20H2,1H3,(H,30,34). The Kier molecular flexibility index (Phi) is 9.21. The van der Waals surface area contributed by atoms with Gasteiger partial charge >= 0.3 is 6.03 Å². The van der Waals surface area contributed by atoms with Gasteiger partial charge in [-0.1, -0.05) is 55.3 Å². The second-order valence-electron chi connectivity index (χ2n) is 9.95. The van der Waals surface area contributed by atoms with Gasteiger partial charge < -0.3 is 19.7 Å². The van der Waals surface area contributed by atoms with Gasteiger partial charge in [-0.25, -0.2) is 4.79 Å². The van der Waals surface area contributed by atoms with Gasteiger partial charge in [0.25, 0.3) is 0 Å². The molecule has 4 rings (SSSR count). The zero-order chi connectivity index (χ0) is 23.9. The first-order chi connectivity index (χ1) is 16.5. The second-order valence-corrected chi connectivity index (χ2v) is 10.8. The maximum atomic E-state index is 13.4. The number of rotatable bonds is 9. The zero-order valence-electron chi connectivity index (χ0n) is 20.3. The van der Waals surface area contributed by atoms with Gasteiger partial charge in [-0.05, 0) is 76.0 Å². The van der Waals surface area contributed by atoms with Crippen molar-refractivity contribution in [2.24, 2.45) is 0 Å². The predicted molar refractivity (Wildman–Crippen MR) is 142 cm³/mol. The highest BCUT2D eigenvalue weighted by Crippen LogP contribution is 2.31. The lowest BCUT2D eigenvalue weighted by Gasteiger charge is -2.32. The molecule has 2 aromatic rings. The van der Waals surface area contributed by atoms with Crippen molar-refractivity contribution in [2.75, 3.05) is 25.5 Å². The Morgan fingerprint density at radius 3 is 2.47 bits per heavy atom. The number of amides is 2. The van der Waals surface area contributed by atoms with E-state index in [1.165, 1.54) is 63.5 Å². The van der Waals surface area contributed by atoms with Gasteiger partial charge in [-0.2, -0.15) is 0 Å². The summed E-state index contributed by atoms with van der Waals surface area (Å²) < 4.78 is 2.39. The number of urea groups is 1. The van der Waals surface area contributed by atoms with Crippen LogP contribution in [0.5, 0.6) is 0 Å². The molecule has 34 heavy (non-hydrogen) atoms. The van der Waals surface area contributed by atoms with Gasteiger partial charge in [0, 0.05) is 36.2 Å². The number of benzene rings is 1. The average Bonchev–Trinajstić information content (AvgIpc) is 3.53. The van der Waals surface area contributed by atoms with Crippen LogP contribution in [-0.2, 0) is 6.54 Å². The van der Waals surface area contributed by atoms with Crippen LogP contribution in [0.15, 0.2) is 36.5 Å². The molecule has 186 valence electrons. The van der Waals surface area contributed by atoms with E-state index in [9.17, 15) is 4.79 Å². The molecule has 2 saturated carbocycles. The van der Waals surface area contributed by atoms with E-state index in [-0.39, 0.29) is 6.03 Å². The largest absolute Gasteiger partial charge is 0.347 e. The van der Waals surface area contributed by atoms with Gasteiger partial charge in [0.1, 0.15) is 0 Å². The molecule has 2 aliphatic carbocycles. The molecule has 1 heterocycles. The molecule has 1 aromatic carbocycles. The number of hydrogen-bond acceptors (Lipinski definition) is 2. The first-order valence-electron chi connectivity index (χ1n) is 12.9. The Balaban J connectivity index is 1.42. The Morgan fingerprint density at radius 2 is 1.74 bits per heavy atom. The van der Waals surface area contributed by atoms with E-state index in [1.807, 2.05) is 4.90 Å². The third-order valence-electron chi connectivity index (χ3n) is 7.53. The highest BCUT2D eigenvalue weighted by atomic mass is 35.5. The number of nitrogens with one attached hydrogen (secondary N) is 1. The van der Waals surface area contributed by atoms with E-state index in [1.54, 1.807) is 18.2 Å². The van der Waals surface area contributed by atoms with Gasteiger partial charge in [0.05, 0.1) is 16.6 Å². The molecule has 0 spiro atoms. The molecule has 0 aliphatic heterocycles. The fourth-order valence-electron chi connectivity index (χ4n) is 5.54. The van der Waals surface area contributed by atoms with Crippen LogP contribution in [0.4, 0.5) is 10.5 Å². The Morgan fingerprint density at radius 1 is 1.00 bits per heavy atom. The molecule has 5 nitrogen and oxygen atoms in total. The summed E-state index contributed by atoms with van der Waals surface area (Å²) >= 11 is 12.2. The number of carbonyl (C=O) groups excluding carboxylic acids is 1. The third kappa shape index (κ3) is 6.71. The van der Waals surface area contributed by atoms with Crippen molar-refractivity contribution in [3.8, 4) is 0 Å². The Bertz CT molecular complexity index is 934. The summed E-state index contributed by atoms with van der Waals surface area (Å²) in [5.41, 5.74) is 1.87. The first-order valence-corrected chi connectivity index (χ1v) is 13.6. The third-order valence-corrected chi connectivity index (χ3v) is 8.27. The fraction of sp³-hybridized carbons (Fsp3) is 0.593. The molecule has 2 fully saturated rings. The van der Waals surface area contributed by atoms with Crippen molar-refractivity contribution < 1.29 is 4.79 Å². The van der Waals surface area contributed by atoms with Crippen molar-refractivity contribution in [1.82, 2.24) is 14.4 Å². The highest BCUT2D eigenvalue weighted by molar-refractivity contribution is 6.42. The molecule has 0 radical (unpaired) electrons. The van der Waals surface area contributed by atoms with Crippen molar-refractivity contribution >= 4 is 34.9 Å². The molecule has 2 aliphatic rings. The summed E-state index contributed by atoms with van der Waals surface area (Å²) in [6, 6.07) is 10.6. The average molecular weight is 506 g/mol. The maximum Gasteiger partial charge on any atom is 0.322 e. The monoisotopic (exact) mass is 504 g/mol. The van der Waals surface area contributed by atoms with E-state index in [0.29, 0.717) is 40.9 Å². The van der Waals surface area contributed by atoms with Crippen LogP contribution in [0.2, 0.25) is 10.0 Å². The van der Waals surface area contributed by atoms with Gasteiger partial charge in [0.15, 0.2) is 0 Å². The van der Waals surface area contributed by atoms with Crippen molar-refractivity contribution in [2.45, 2.75) is 82.8 Å². The normalized spacial score (nSPS) is 17.4. The summed E-state index contributed by atoms with van der Waals surface area (Å²) in [5, 5.41) is 3.96. The van der Waals surface area contributed by atoms with Crippen LogP contribution in [0.25, 0.3) is 0 Å². The van der Waals surface area contributed by atoms with Crippen LogP contribution in [0.3, 0.4) is 0 Å². The molecule has 0 atom stereocenters. The van der Waals surface area contributed by atoms with Crippen molar-refractivity contribution in [3.05, 3.63) is 52.3 Å². The molecule has 0 unspecified atom stereocenters. The minimum absolute atomic E-state index is 0.0992. The summed E-state index contributed by atoms with van der Waals surface area (Å²) in [5.74, 6) is 0. The lowest BCUT2D eigenvalue weighted by Crippen LogP contribution is -2.39. The molecule has 1 aromatic heterocycles. The smallest absolute Gasteiger partial charge is 0.322 e. The van der Waals surface area contributed by atoms with Crippen LogP contribution < -0.4 is 5.32 Å². The number of hydrogen-bond donors (Lipinski definition) is 1. The molecular formula is C27H38Cl2N4O. The van der Waals surface area contributed by atoms with Crippen LogP contribution in [-0.4, -0.2) is 46.6 Å². The predicted octanol–water partition coefficient (Wildman–Crippen LogP) is 7.60. The maximum absolute atomic E-state index is 13.4.